The van der Waals surface area contributed by atoms with Gasteiger partial charge in [-0.2, -0.15) is 0 Å². The molecular formula is C27H32N2O2. The summed E-state index contributed by atoms with van der Waals surface area (Å²) in [6, 6.07) is 12.0. The van der Waals surface area contributed by atoms with E-state index >= 15 is 0 Å². The van der Waals surface area contributed by atoms with Crippen LogP contribution >= 0.6 is 0 Å². The van der Waals surface area contributed by atoms with Crippen molar-refractivity contribution in [2.45, 2.75) is 48.0 Å². The zero-order chi connectivity index (χ0) is 22.4. The molecule has 1 fully saturated rings. The van der Waals surface area contributed by atoms with Gasteiger partial charge in [0.15, 0.2) is 0 Å². The van der Waals surface area contributed by atoms with Gasteiger partial charge in [-0.3, -0.25) is 9.59 Å². The van der Waals surface area contributed by atoms with Crippen LogP contribution in [0.15, 0.2) is 42.1 Å². The first-order valence-corrected chi connectivity index (χ1v) is 11.2. The second-order valence-corrected chi connectivity index (χ2v) is 9.63. The van der Waals surface area contributed by atoms with E-state index in [9.17, 15) is 9.59 Å². The Bertz CT molecular complexity index is 1090. The van der Waals surface area contributed by atoms with E-state index in [4.69, 9.17) is 0 Å². The van der Waals surface area contributed by atoms with Gasteiger partial charge in [-0.05, 0) is 68.7 Å². The molecule has 0 aliphatic carbocycles. The number of amides is 2. The van der Waals surface area contributed by atoms with Gasteiger partial charge in [-0.15, -0.1) is 0 Å². The fourth-order valence-corrected chi connectivity index (χ4v) is 5.27. The van der Waals surface area contributed by atoms with E-state index in [0.717, 1.165) is 47.3 Å². The van der Waals surface area contributed by atoms with Crippen LogP contribution in [0.4, 0.5) is 5.69 Å². The monoisotopic (exact) mass is 416 g/mol. The van der Waals surface area contributed by atoms with Gasteiger partial charge in [0.05, 0.1) is 11.3 Å². The average Bonchev–Trinajstić information content (AvgIpc) is 2.92. The molecule has 2 aliphatic rings. The smallest absolute Gasteiger partial charge is 0.282 e. The minimum absolute atomic E-state index is 0.201. The Morgan fingerprint density at radius 3 is 1.94 bits per heavy atom. The molecule has 4 heteroatoms. The highest BCUT2D eigenvalue weighted by Gasteiger charge is 2.44. The molecule has 2 aliphatic heterocycles. The number of aryl methyl sites for hydroxylation is 4. The molecule has 0 aromatic heterocycles. The minimum Gasteiger partial charge on any atom is -0.366 e. The number of anilines is 1. The largest absolute Gasteiger partial charge is 0.366 e. The van der Waals surface area contributed by atoms with Crippen molar-refractivity contribution < 1.29 is 9.59 Å². The van der Waals surface area contributed by atoms with Crippen molar-refractivity contribution in [1.29, 1.82) is 0 Å². The summed E-state index contributed by atoms with van der Waals surface area (Å²) in [7, 11) is 0. The molecular weight excluding hydrogens is 384 g/mol. The lowest BCUT2D eigenvalue weighted by Gasteiger charge is -2.37. The second-order valence-electron chi connectivity index (χ2n) is 9.63. The van der Waals surface area contributed by atoms with Gasteiger partial charge in [0.25, 0.3) is 11.8 Å². The molecule has 4 rings (SSSR count). The Hall–Kier alpha value is -2.88. The fourth-order valence-electron chi connectivity index (χ4n) is 5.27. The zero-order valence-corrected chi connectivity index (χ0v) is 19.5. The number of imide groups is 1. The number of benzene rings is 2. The molecule has 31 heavy (non-hydrogen) atoms. The van der Waals surface area contributed by atoms with E-state index in [2.05, 4.69) is 24.8 Å². The second kappa shape index (κ2) is 7.99. The third-order valence-corrected chi connectivity index (χ3v) is 6.49. The Labute approximate surface area is 185 Å². The summed E-state index contributed by atoms with van der Waals surface area (Å²) in [5.41, 5.74) is 6.86. The first kappa shape index (κ1) is 21.4. The third-order valence-electron chi connectivity index (χ3n) is 6.49. The first-order chi connectivity index (χ1) is 14.7. The van der Waals surface area contributed by atoms with E-state index in [1.165, 1.54) is 4.90 Å². The maximum Gasteiger partial charge on any atom is 0.282 e. The van der Waals surface area contributed by atoms with Crippen LogP contribution in [-0.2, 0) is 9.59 Å². The Morgan fingerprint density at radius 1 is 0.774 bits per heavy atom. The molecule has 1 saturated heterocycles. The number of hydrogen-bond acceptors (Lipinski definition) is 3. The maximum atomic E-state index is 13.8. The number of rotatable bonds is 3. The molecule has 162 valence electrons. The predicted molar refractivity (Wildman–Crippen MR) is 126 cm³/mol. The SMILES string of the molecule is Cc1ccc(C2=C(N3CC(C)CC(C)C3)C(=O)N(c3ccc(C)cc3C)C2=O)c(C)c1. The summed E-state index contributed by atoms with van der Waals surface area (Å²) in [5.74, 6) is 0.544. The predicted octanol–water partition coefficient (Wildman–Crippen LogP) is 5.18. The number of piperidine rings is 1. The third kappa shape index (κ3) is 3.80. The lowest BCUT2D eigenvalue weighted by atomic mass is 9.90. The highest BCUT2D eigenvalue weighted by atomic mass is 16.2. The number of nitrogens with zero attached hydrogens (tertiary/aromatic N) is 2. The molecule has 0 spiro atoms. The van der Waals surface area contributed by atoms with Gasteiger partial charge in [0.2, 0.25) is 0 Å². The van der Waals surface area contributed by atoms with Gasteiger partial charge < -0.3 is 4.90 Å². The van der Waals surface area contributed by atoms with Crippen LogP contribution in [-0.4, -0.2) is 29.8 Å². The lowest BCUT2D eigenvalue weighted by Crippen LogP contribution is -2.42. The summed E-state index contributed by atoms with van der Waals surface area (Å²) < 4.78 is 0. The van der Waals surface area contributed by atoms with E-state index in [1.807, 2.05) is 58.0 Å². The van der Waals surface area contributed by atoms with Crippen LogP contribution in [0.1, 0.15) is 48.1 Å². The zero-order valence-electron chi connectivity index (χ0n) is 19.5. The summed E-state index contributed by atoms with van der Waals surface area (Å²) in [6.45, 7) is 14.1. The van der Waals surface area contributed by atoms with Crippen LogP contribution in [0.25, 0.3) is 5.57 Å². The molecule has 2 heterocycles. The molecule has 2 amide bonds. The summed E-state index contributed by atoms with van der Waals surface area (Å²) in [6.07, 6.45) is 1.14. The van der Waals surface area contributed by atoms with Crippen molar-refractivity contribution >= 4 is 23.1 Å². The average molecular weight is 417 g/mol. The van der Waals surface area contributed by atoms with Crippen molar-refractivity contribution in [3.05, 3.63) is 69.9 Å². The van der Waals surface area contributed by atoms with E-state index in [0.29, 0.717) is 28.8 Å². The van der Waals surface area contributed by atoms with Gasteiger partial charge >= 0.3 is 0 Å². The molecule has 2 unspecified atom stereocenters. The highest BCUT2D eigenvalue weighted by Crippen LogP contribution is 2.39. The molecule has 0 bridgehead atoms. The van der Waals surface area contributed by atoms with Crippen molar-refractivity contribution in [3.63, 3.8) is 0 Å². The number of likely N-dealkylation sites (tertiary alicyclic amines) is 1. The summed E-state index contributed by atoms with van der Waals surface area (Å²) in [4.78, 5) is 31.2. The lowest BCUT2D eigenvalue weighted by molar-refractivity contribution is -0.120. The number of carbonyl (C=O) groups is 2. The molecule has 2 atom stereocenters. The molecule has 4 nitrogen and oxygen atoms in total. The summed E-state index contributed by atoms with van der Waals surface area (Å²) in [5, 5.41) is 0. The number of hydrogen-bond donors (Lipinski definition) is 0. The highest BCUT2D eigenvalue weighted by molar-refractivity contribution is 6.45. The van der Waals surface area contributed by atoms with Crippen LogP contribution in [0.2, 0.25) is 0 Å². The molecule has 2 aromatic carbocycles. The molecule has 2 aromatic rings. The molecule has 0 radical (unpaired) electrons. The van der Waals surface area contributed by atoms with Crippen LogP contribution in [0, 0.1) is 39.5 Å². The topological polar surface area (TPSA) is 40.6 Å². The maximum absolute atomic E-state index is 13.8. The Balaban J connectivity index is 1.89. The quantitative estimate of drug-likeness (QED) is 0.647. The van der Waals surface area contributed by atoms with Gasteiger partial charge in [-0.25, -0.2) is 4.90 Å². The van der Waals surface area contributed by atoms with Crippen LogP contribution in [0.3, 0.4) is 0 Å². The van der Waals surface area contributed by atoms with Crippen molar-refractivity contribution in [3.8, 4) is 0 Å². The summed E-state index contributed by atoms with van der Waals surface area (Å²) >= 11 is 0. The van der Waals surface area contributed by atoms with E-state index < -0.39 is 0 Å². The molecule has 0 N–H and O–H groups in total. The van der Waals surface area contributed by atoms with Gasteiger partial charge in [-0.1, -0.05) is 55.3 Å². The fraction of sp³-hybridized carbons (Fsp3) is 0.407. The Kier molecular flexibility index (Phi) is 5.50. The van der Waals surface area contributed by atoms with Crippen molar-refractivity contribution in [1.82, 2.24) is 4.90 Å². The Morgan fingerprint density at radius 2 is 1.35 bits per heavy atom. The normalized spacial score (nSPS) is 22.0. The minimum atomic E-state index is -0.218. The molecule has 0 saturated carbocycles. The standard InChI is InChI=1S/C27H32N2O2/c1-16-7-9-22(20(5)12-16)24-25(28-14-18(3)11-19(4)15-28)27(31)29(26(24)30)23-10-8-17(2)13-21(23)6/h7-10,12-13,18-19H,11,14-15H2,1-6H3. The van der Waals surface area contributed by atoms with Gasteiger partial charge in [0.1, 0.15) is 5.70 Å². The van der Waals surface area contributed by atoms with Crippen LogP contribution < -0.4 is 4.90 Å². The van der Waals surface area contributed by atoms with Crippen molar-refractivity contribution in [2.24, 2.45) is 11.8 Å². The van der Waals surface area contributed by atoms with E-state index in [-0.39, 0.29) is 11.8 Å². The number of carbonyl (C=O) groups excluding carboxylic acids is 2. The first-order valence-electron chi connectivity index (χ1n) is 11.2. The van der Waals surface area contributed by atoms with E-state index in [1.54, 1.807) is 0 Å². The van der Waals surface area contributed by atoms with Crippen LogP contribution in [0.5, 0.6) is 0 Å². The van der Waals surface area contributed by atoms with Gasteiger partial charge in [0, 0.05) is 13.1 Å². The van der Waals surface area contributed by atoms with Crippen molar-refractivity contribution in [2.75, 3.05) is 18.0 Å².